The van der Waals surface area contributed by atoms with Crippen LogP contribution < -0.4 is 24.4 Å². The predicted molar refractivity (Wildman–Crippen MR) is 126 cm³/mol. The highest BCUT2D eigenvalue weighted by Crippen LogP contribution is 2.37. The fourth-order valence-electron chi connectivity index (χ4n) is 3.56. The summed E-state index contributed by atoms with van der Waals surface area (Å²) in [6.45, 7) is 4.21. The van der Waals surface area contributed by atoms with E-state index >= 15 is 0 Å². The largest absolute Gasteiger partial charge is 0.494 e. The first kappa shape index (κ1) is 23.1. The SMILES string of the molecule is CCOc1ccc(OCC(=O)Nc2ccc3c(c2)N(Cc2ccc(F)cc2)C(=O)C(C)O3)cc1. The number of fused-ring (bicyclic) bond motifs is 1. The summed E-state index contributed by atoms with van der Waals surface area (Å²) >= 11 is 0. The van der Waals surface area contributed by atoms with Crippen LogP contribution in [0.25, 0.3) is 0 Å². The fourth-order valence-corrected chi connectivity index (χ4v) is 3.56. The number of carbonyl (C=O) groups is 2. The lowest BCUT2D eigenvalue weighted by atomic mass is 10.1. The minimum atomic E-state index is -0.657. The van der Waals surface area contributed by atoms with Crippen LogP contribution in [-0.4, -0.2) is 31.1 Å². The number of carbonyl (C=O) groups excluding carboxylic acids is 2. The lowest BCUT2D eigenvalue weighted by Gasteiger charge is -2.33. The quantitative estimate of drug-likeness (QED) is 0.529. The Morgan fingerprint density at radius 3 is 2.38 bits per heavy atom. The average Bonchev–Trinajstić information content (AvgIpc) is 2.83. The number of amides is 2. The molecular formula is C26H25FN2O5. The van der Waals surface area contributed by atoms with E-state index in [0.717, 1.165) is 11.3 Å². The van der Waals surface area contributed by atoms with Crippen molar-refractivity contribution in [1.82, 2.24) is 0 Å². The van der Waals surface area contributed by atoms with E-state index in [2.05, 4.69) is 5.32 Å². The molecule has 34 heavy (non-hydrogen) atoms. The molecule has 1 heterocycles. The Labute approximate surface area is 197 Å². The molecule has 1 N–H and O–H groups in total. The molecule has 0 saturated carbocycles. The highest BCUT2D eigenvalue weighted by atomic mass is 19.1. The van der Waals surface area contributed by atoms with Gasteiger partial charge < -0.3 is 24.4 Å². The molecule has 8 heteroatoms. The maximum absolute atomic E-state index is 13.3. The Kier molecular flexibility index (Phi) is 6.96. The Morgan fingerprint density at radius 1 is 1.03 bits per heavy atom. The van der Waals surface area contributed by atoms with Gasteiger partial charge in [-0.05, 0) is 74.0 Å². The standard InChI is InChI=1S/C26H25FN2O5/c1-3-32-21-9-11-22(12-10-21)33-16-25(30)28-20-8-13-24-23(14-20)29(26(31)17(2)34-24)15-18-4-6-19(27)7-5-18/h4-14,17H,3,15-16H2,1-2H3,(H,28,30). The van der Waals surface area contributed by atoms with Gasteiger partial charge in [0.05, 0.1) is 18.8 Å². The van der Waals surface area contributed by atoms with Crippen molar-refractivity contribution in [2.24, 2.45) is 0 Å². The second-order valence-electron chi connectivity index (χ2n) is 7.73. The van der Waals surface area contributed by atoms with Crippen LogP contribution in [0.3, 0.4) is 0 Å². The Morgan fingerprint density at radius 2 is 1.71 bits per heavy atom. The van der Waals surface area contributed by atoms with Gasteiger partial charge in [0, 0.05) is 5.69 Å². The summed E-state index contributed by atoms with van der Waals surface area (Å²) in [5, 5.41) is 2.78. The van der Waals surface area contributed by atoms with E-state index in [1.165, 1.54) is 12.1 Å². The van der Waals surface area contributed by atoms with Gasteiger partial charge in [-0.25, -0.2) is 4.39 Å². The predicted octanol–water partition coefficient (Wildman–Crippen LogP) is 4.56. The van der Waals surface area contributed by atoms with Crippen LogP contribution in [0.2, 0.25) is 0 Å². The number of benzene rings is 3. The number of anilines is 2. The zero-order valence-electron chi connectivity index (χ0n) is 18.9. The number of ether oxygens (including phenoxy) is 3. The summed E-state index contributed by atoms with van der Waals surface area (Å²) in [6, 6.07) is 18.1. The molecule has 2 amide bonds. The zero-order chi connectivity index (χ0) is 24.1. The van der Waals surface area contributed by atoms with Crippen molar-refractivity contribution in [2.45, 2.75) is 26.5 Å². The van der Waals surface area contributed by atoms with Gasteiger partial charge >= 0.3 is 0 Å². The molecule has 4 rings (SSSR count). The molecule has 0 saturated heterocycles. The van der Waals surface area contributed by atoms with Gasteiger partial charge in [0.15, 0.2) is 12.7 Å². The zero-order valence-corrected chi connectivity index (χ0v) is 18.9. The molecule has 176 valence electrons. The second kappa shape index (κ2) is 10.2. The van der Waals surface area contributed by atoms with Crippen LogP contribution in [0.15, 0.2) is 66.7 Å². The van der Waals surface area contributed by atoms with E-state index in [0.29, 0.717) is 29.5 Å². The molecule has 0 radical (unpaired) electrons. The van der Waals surface area contributed by atoms with E-state index in [-0.39, 0.29) is 30.8 Å². The van der Waals surface area contributed by atoms with Gasteiger partial charge in [-0.15, -0.1) is 0 Å². The van der Waals surface area contributed by atoms with Crippen molar-refractivity contribution in [3.8, 4) is 17.2 Å². The van der Waals surface area contributed by atoms with Crippen LogP contribution >= 0.6 is 0 Å². The van der Waals surface area contributed by atoms with Crippen LogP contribution in [0.1, 0.15) is 19.4 Å². The summed E-state index contributed by atoms with van der Waals surface area (Å²) < 4.78 is 29.9. The third-order valence-corrected chi connectivity index (χ3v) is 5.21. The molecule has 1 aliphatic heterocycles. The summed E-state index contributed by atoms with van der Waals surface area (Å²) in [5.74, 6) is 0.878. The Balaban J connectivity index is 1.44. The van der Waals surface area contributed by atoms with Crippen molar-refractivity contribution in [1.29, 1.82) is 0 Å². The number of hydrogen-bond donors (Lipinski definition) is 1. The average molecular weight is 464 g/mol. The first-order valence-corrected chi connectivity index (χ1v) is 10.9. The molecule has 1 unspecified atom stereocenters. The number of nitrogens with one attached hydrogen (secondary N) is 1. The summed E-state index contributed by atoms with van der Waals surface area (Å²) in [7, 11) is 0. The molecule has 3 aromatic carbocycles. The molecule has 0 aromatic heterocycles. The minimum Gasteiger partial charge on any atom is -0.494 e. The Hall–Kier alpha value is -4.07. The molecule has 1 atom stereocenters. The molecule has 0 aliphatic carbocycles. The number of hydrogen-bond acceptors (Lipinski definition) is 5. The van der Waals surface area contributed by atoms with Gasteiger partial charge in [-0.2, -0.15) is 0 Å². The number of rotatable bonds is 8. The van der Waals surface area contributed by atoms with Crippen molar-refractivity contribution >= 4 is 23.2 Å². The maximum atomic E-state index is 13.3. The Bertz CT molecular complexity index is 1160. The van der Waals surface area contributed by atoms with Crippen molar-refractivity contribution < 1.29 is 28.2 Å². The first-order valence-electron chi connectivity index (χ1n) is 10.9. The molecule has 0 fully saturated rings. The van der Waals surface area contributed by atoms with Crippen molar-refractivity contribution in [2.75, 3.05) is 23.4 Å². The van der Waals surface area contributed by atoms with Crippen molar-refractivity contribution in [3.63, 3.8) is 0 Å². The molecule has 1 aliphatic rings. The number of halogens is 1. The van der Waals surface area contributed by atoms with E-state index < -0.39 is 6.10 Å². The highest BCUT2D eigenvalue weighted by Gasteiger charge is 2.31. The van der Waals surface area contributed by atoms with Gasteiger partial charge in [0.25, 0.3) is 11.8 Å². The summed E-state index contributed by atoms with van der Waals surface area (Å²) in [6.07, 6.45) is -0.657. The van der Waals surface area contributed by atoms with E-state index in [1.54, 1.807) is 66.4 Å². The lowest BCUT2D eigenvalue weighted by molar-refractivity contribution is -0.125. The smallest absolute Gasteiger partial charge is 0.268 e. The minimum absolute atomic E-state index is 0.184. The molecule has 0 bridgehead atoms. The third-order valence-electron chi connectivity index (χ3n) is 5.21. The van der Waals surface area contributed by atoms with Gasteiger partial charge in [0.1, 0.15) is 23.1 Å². The van der Waals surface area contributed by atoms with Crippen LogP contribution in [-0.2, 0) is 16.1 Å². The molecule has 0 spiro atoms. The van der Waals surface area contributed by atoms with Crippen molar-refractivity contribution in [3.05, 3.63) is 78.1 Å². The molecule has 7 nitrogen and oxygen atoms in total. The van der Waals surface area contributed by atoms with E-state index in [4.69, 9.17) is 14.2 Å². The van der Waals surface area contributed by atoms with Crippen LogP contribution in [0, 0.1) is 5.82 Å². The summed E-state index contributed by atoms with van der Waals surface area (Å²) in [4.78, 5) is 26.8. The van der Waals surface area contributed by atoms with E-state index in [1.807, 2.05) is 6.92 Å². The topological polar surface area (TPSA) is 77.1 Å². The third kappa shape index (κ3) is 5.46. The van der Waals surface area contributed by atoms with Gasteiger partial charge in [0.2, 0.25) is 0 Å². The maximum Gasteiger partial charge on any atom is 0.268 e. The van der Waals surface area contributed by atoms with Gasteiger partial charge in [-0.3, -0.25) is 9.59 Å². The number of nitrogens with zero attached hydrogens (tertiary/aromatic N) is 1. The fraction of sp³-hybridized carbons (Fsp3) is 0.231. The molecule has 3 aromatic rings. The lowest BCUT2D eigenvalue weighted by Crippen LogP contribution is -2.44. The first-order chi connectivity index (χ1) is 16.4. The summed E-state index contributed by atoms with van der Waals surface area (Å²) in [5.41, 5.74) is 1.79. The monoisotopic (exact) mass is 464 g/mol. The molecular weight excluding hydrogens is 439 g/mol. The van der Waals surface area contributed by atoms with Crippen LogP contribution in [0.4, 0.5) is 15.8 Å². The van der Waals surface area contributed by atoms with Crippen LogP contribution in [0.5, 0.6) is 17.2 Å². The van der Waals surface area contributed by atoms with E-state index in [9.17, 15) is 14.0 Å². The highest BCUT2D eigenvalue weighted by molar-refractivity contribution is 6.01. The normalized spacial score (nSPS) is 14.7. The second-order valence-corrected chi connectivity index (χ2v) is 7.73. The van der Waals surface area contributed by atoms with Gasteiger partial charge in [-0.1, -0.05) is 12.1 Å².